The molecule has 0 aliphatic heterocycles. The fourth-order valence-corrected chi connectivity index (χ4v) is 1.58. The van der Waals surface area contributed by atoms with E-state index in [-0.39, 0.29) is 17.1 Å². The van der Waals surface area contributed by atoms with Crippen molar-refractivity contribution >= 4 is 17.5 Å². The lowest BCUT2D eigenvalue weighted by atomic mass is 10.1. The number of aromatic nitrogens is 1. The number of rotatable bonds is 5. The van der Waals surface area contributed by atoms with Crippen molar-refractivity contribution < 1.29 is 14.5 Å². The lowest BCUT2D eigenvalue weighted by Crippen LogP contribution is -2.16. The topological polar surface area (TPSA) is 85.6 Å². The van der Waals surface area contributed by atoms with Crippen molar-refractivity contribution in [2.45, 2.75) is 13.3 Å². The van der Waals surface area contributed by atoms with Crippen LogP contribution in [0.3, 0.4) is 0 Å². The zero-order valence-electron chi connectivity index (χ0n) is 11.0. The van der Waals surface area contributed by atoms with Gasteiger partial charge in [-0.25, -0.2) is 9.78 Å². The van der Waals surface area contributed by atoms with Crippen molar-refractivity contribution in [3.63, 3.8) is 0 Å². The molecular formula is C12H15N3O4. The normalized spacial score (nSPS) is 9.84. The molecular weight excluding hydrogens is 250 g/mol. The SMILES string of the molecule is C=COC(=O)c1cc([N+](=O)[O-])c(N(C)C)nc1CC. The van der Waals surface area contributed by atoms with Gasteiger partial charge in [0.2, 0.25) is 5.82 Å². The van der Waals surface area contributed by atoms with Gasteiger partial charge in [-0.3, -0.25) is 10.1 Å². The average molecular weight is 265 g/mol. The zero-order valence-corrected chi connectivity index (χ0v) is 11.0. The quantitative estimate of drug-likeness (QED) is 0.350. The number of esters is 1. The molecule has 0 amide bonds. The van der Waals surface area contributed by atoms with E-state index in [1.165, 1.54) is 11.0 Å². The number of ether oxygens (including phenoxy) is 1. The Morgan fingerprint density at radius 2 is 2.26 bits per heavy atom. The minimum Gasteiger partial charge on any atom is -0.431 e. The van der Waals surface area contributed by atoms with Crippen molar-refractivity contribution in [1.82, 2.24) is 4.98 Å². The Labute approximate surface area is 110 Å². The van der Waals surface area contributed by atoms with Crippen LogP contribution in [0, 0.1) is 10.1 Å². The van der Waals surface area contributed by atoms with Crippen molar-refractivity contribution in [3.8, 4) is 0 Å². The molecule has 1 rings (SSSR count). The van der Waals surface area contributed by atoms with Crippen LogP contribution < -0.4 is 4.90 Å². The van der Waals surface area contributed by atoms with Crippen LogP contribution >= 0.6 is 0 Å². The minimum absolute atomic E-state index is 0.0831. The maximum Gasteiger partial charge on any atom is 0.345 e. The number of carbonyl (C=O) groups is 1. The Bertz CT molecular complexity index is 526. The van der Waals surface area contributed by atoms with Gasteiger partial charge in [0, 0.05) is 20.2 Å². The van der Waals surface area contributed by atoms with Crippen molar-refractivity contribution in [2.24, 2.45) is 0 Å². The molecule has 0 aliphatic carbocycles. The maximum absolute atomic E-state index is 11.7. The first-order valence-electron chi connectivity index (χ1n) is 5.59. The molecule has 102 valence electrons. The van der Waals surface area contributed by atoms with Gasteiger partial charge < -0.3 is 9.64 Å². The number of hydrogen-bond donors (Lipinski definition) is 0. The molecule has 7 heteroatoms. The second-order valence-electron chi connectivity index (χ2n) is 3.90. The summed E-state index contributed by atoms with van der Waals surface area (Å²) in [5.74, 6) is -0.496. The van der Waals surface area contributed by atoms with Gasteiger partial charge in [-0.15, -0.1) is 0 Å². The lowest BCUT2D eigenvalue weighted by Gasteiger charge is -2.14. The second-order valence-corrected chi connectivity index (χ2v) is 3.90. The van der Waals surface area contributed by atoms with E-state index in [0.717, 1.165) is 6.26 Å². The summed E-state index contributed by atoms with van der Waals surface area (Å²) in [6.45, 7) is 5.08. The maximum atomic E-state index is 11.7. The molecule has 0 spiro atoms. The summed E-state index contributed by atoms with van der Waals surface area (Å²) in [5, 5.41) is 11.0. The average Bonchev–Trinajstić information content (AvgIpc) is 2.37. The molecule has 0 bridgehead atoms. The van der Waals surface area contributed by atoms with Crippen molar-refractivity contribution in [2.75, 3.05) is 19.0 Å². The number of nitro groups is 1. The fourth-order valence-electron chi connectivity index (χ4n) is 1.58. The van der Waals surface area contributed by atoms with E-state index in [1.54, 1.807) is 21.0 Å². The van der Waals surface area contributed by atoms with Gasteiger partial charge in [-0.1, -0.05) is 13.5 Å². The van der Waals surface area contributed by atoms with E-state index in [9.17, 15) is 14.9 Å². The molecule has 0 atom stereocenters. The van der Waals surface area contributed by atoms with Crippen molar-refractivity contribution in [3.05, 3.63) is 40.3 Å². The van der Waals surface area contributed by atoms with Crippen molar-refractivity contribution in [1.29, 1.82) is 0 Å². The Hall–Kier alpha value is -2.44. The van der Waals surface area contributed by atoms with E-state index in [1.807, 2.05) is 0 Å². The van der Waals surface area contributed by atoms with Crippen LogP contribution in [0.4, 0.5) is 11.5 Å². The Morgan fingerprint density at radius 3 is 2.68 bits per heavy atom. The van der Waals surface area contributed by atoms with Crippen LogP contribution in [0.25, 0.3) is 0 Å². The van der Waals surface area contributed by atoms with E-state index in [0.29, 0.717) is 12.1 Å². The highest BCUT2D eigenvalue weighted by atomic mass is 16.6. The van der Waals surface area contributed by atoms with Crippen LogP contribution in [0.15, 0.2) is 18.9 Å². The second kappa shape index (κ2) is 5.94. The first kappa shape index (κ1) is 14.6. The molecule has 7 nitrogen and oxygen atoms in total. The summed E-state index contributed by atoms with van der Waals surface area (Å²) in [7, 11) is 3.30. The third-order valence-corrected chi connectivity index (χ3v) is 2.43. The summed E-state index contributed by atoms with van der Waals surface area (Å²) < 4.78 is 4.65. The van der Waals surface area contributed by atoms with Gasteiger partial charge in [0.15, 0.2) is 0 Å². The summed E-state index contributed by atoms with van der Waals surface area (Å²) in [4.78, 5) is 27.9. The molecule has 0 saturated heterocycles. The van der Waals surface area contributed by atoms with Crippen LogP contribution in [0.5, 0.6) is 0 Å². The fraction of sp³-hybridized carbons (Fsp3) is 0.333. The zero-order chi connectivity index (χ0) is 14.6. The number of aryl methyl sites for hydroxylation is 1. The number of nitrogens with zero attached hydrogens (tertiary/aromatic N) is 3. The summed E-state index contributed by atoms with van der Waals surface area (Å²) >= 11 is 0. The van der Waals surface area contributed by atoms with Crippen LogP contribution in [-0.4, -0.2) is 30.0 Å². The summed E-state index contributed by atoms with van der Waals surface area (Å²) in [6, 6.07) is 1.19. The van der Waals surface area contributed by atoms with Crippen LogP contribution in [0.1, 0.15) is 23.0 Å². The van der Waals surface area contributed by atoms with Gasteiger partial charge in [0.05, 0.1) is 22.4 Å². The van der Waals surface area contributed by atoms with Crippen LogP contribution in [-0.2, 0) is 11.2 Å². The number of hydrogen-bond acceptors (Lipinski definition) is 6. The number of pyridine rings is 1. The minimum atomic E-state index is -0.701. The highest BCUT2D eigenvalue weighted by Gasteiger charge is 2.24. The predicted molar refractivity (Wildman–Crippen MR) is 70.2 cm³/mol. The lowest BCUT2D eigenvalue weighted by molar-refractivity contribution is -0.384. The largest absolute Gasteiger partial charge is 0.431 e. The Kier molecular flexibility index (Phi) is 4.57. The van der Waals surface area contributed by atoms with E-state index in [4.69, 9.17) is 0 Å². The van der Waals surface area contributed by atoms with E-state index >= 15 is 0 Å². The summed E-state index contributed by atoms with van der Waals surface area (Å²) in [5.41, 5.74) is 0.291. The number of carbonyl (C=O) groups excluding carboxylic acids is 1. The van der Waals surface area contributed by atoms with Gasteiger partial charge >= 0.3 is 11.7 Å². The standard InChI is InChI=1S/C12H15N3O4/c1-5-9-8(12(16)19-6-2)7-10(15(17)18)11(13-9)14(3)4/h6-7H,2,5H2,1,3-4H3. The predicted octanol–water partition coefficient (Wildman–Crippen LogP) is 1.92. The molecule has 0 aromatic carbocycles. The molecule has 19 heavy (non-hydrogen) atoms. The third-order valence-electron chi connectivity index (χ3n) is 2.43. The molecule has 1 aromatic heterocycles. The van der Waals surface area contributed by atoms with Crippen LogP contribution in [0.2, 0.25) is 0 Å². The smallest absolute Gasteiger partial charge is 0.345 e. The van der Waals surface area contributed by atoms with E-state index in [2.05, 4.69) is 16.3 Å². The molecule has 1 aromatic rings. The summed E-state index contributed by atoms with van der Waals surface area (Å²) in [6.07, 6.45) is 1.44. The first-order valence-corrected chi connectivity index (χ1v) is 5.59. The molecule has 0 N–H and O–H groups in total. The molecule has 0 aliphatic rings. The third kappa shape index (κ3) is 3.06. The van der Waals surface area contributed by atoms with Gasteiger partial charge in [0.1, 0.15) is 0 Å². The number of anilines is 1. The monoisotopic (exact) mass is 265 g/mol. The Morgan fingerprint density at radius 1 is 1.63 bits per heavy atom. The van der Waals surface area contributed by atoms with Gasteiger partial charge in [-0.2, -0.15) is 0 Å². The molecule has 0 fully saturated rings. The molecule has 0 radical (unpaired) electrons. The van der Waals surface area contributed by atoms with Gasteiger partial charge in [0.25, 0.3) is 0 Å². The Balaban J connectivity index is 3.47. The van der Waals surface area contributed by atoms with E-state index < -0.39 is 10.9 Å². The highest BCUT2D eigenvalue weighted by molar-refractivity contribution is 5.92. The highest BCUT2D eigenvalue weighted by Crippen LogP contribution is 2.27. The van der Waals surface area contributed by atoms with Gasteiger partial charge in [-0.05, 0) is 6.42 Å². The first-order chi connectivity index (χ1) is 8.92. The molecule has 0 saturated carbocycles. The molecule has 1 heterocycles. The molecule has 0 unspecified atom stereocenters.